The maximum absolute atomic E-state index is 12.5. The highest BCUT2D eigenvalue weighted by Crippen LogP contribution is 2.35. The molecule has 1 heterocycles. The molecule has 11 heteroatoms. The third-order valence-corrected chi connectivity index (χ3v) is 6.80. The molecule has 0 fully saturated rings. The predicted molar refractivity (Wildman–Crippen MR) is 170 cm³/mol. The van der Waals surface area contributed by atoms with Gasteiger partial charge in [-0.05, 0) is 72.9 Å². The molecule has 0 spiro atoms. The van der Waals surface area contributed by atoms with Crippen molar-refractivity contribution in [2.75, 3.05) is 20.3 Å². The molecule has 0 bridgehead atoms. The molecule has 0 radical (unpaired) electrons. The molecule has 0 saturated heterocycles. The molecule has 45 heavy (non-hydrogen) atoms. The van der Waals surface area contributed by atoms with Crippen molar-refractivity contribution in [2.24, 2.45) is 5.10 Å². The molecule has 236 valence electrons. The molecule has 2 atom stereocenters. The molecule has 0 saturated carbocycles. The van der Waals surface area contributed by atoms with E-state index in [0.29, 0.717) is 42.4 Å². The molecular weight excluding hydrogens is 576 g/mol. The average molecular weight is 615 g/mol. The number of carbonyl (C=O) groups is 2. The van der Waals surface area contributed by atoms with E-state index in [1.807, 2.05) is 61.5 Å². The number of methoxy groups -OCH3 is 1. The van der Waals surface area contributed by atoms with E-state index in [1.54, 1.807) is 31.3 Å². The van der Waals surface area contributed by atoms with E-state index in [2.05, 4.69) is 27.7 Å². The summed E-state index contributed by atoms with van der Waals surface area (Å²) in [6.45, 7) is 7.96. The number of ether oxygens (including phenoxy) is 4. The molecular formula is C34H38N4O7. The highest BCUT2D eigenvalue weighted by molar-refractivity contribution is 5.95. The Balaban J connectivity index is 1.38. The number of urea groups is 1. The van der Waals surface area contributed by atoms with Gasteiger partial charge in [0.15, 0.2) is 17.7 Å². The lowest BCUT2D eigenvalue weighted by atomic mass is 9.95. The topological polar surface area (TPSA) is 140 Å². The molecule has 4 N–H and O–H groups in total. The fraction of sp³-hybridized carbons (Fsp3) is 0.265. The van der Waals surface area contributed by atoms with Gasteiger partial charge in [0.25, 0.3) is 0 Å². The number of allylic oxidation sites excluding steroid dienone is 2. The van der Waals surface area contributed by atoms with Gasteiger partial charge in [-0.1, -0.05) is 42.5 Å². The second kappa shape index (κ2) is 16.0. The normalized spacial score (nSPS) is 15.1. The van der Waals surface area contributed by atoms with E-state index >= 15 is 0 Å². The summed E-state index contributed by atoms with van der Waals surface area (Å²) < 4.78 is 22.5. The van der Waals surface area contributed by atoms with Crippen molar-refractivity contribution >= 4 is 18.2 Å². The van der Waals surface area contributed by atoms with Crippen molar-refractivity contribution in [3.05, 3.63) is 113 Å². The third-order valence-electron chi connectivity index (χ3n) is 6.80. The summed E-state index contributed by atoms with van der Waals surface area (Å²) in [6, 6.07) is 19.5. The maximum Gasteiger partial charge on any atom is 0.337 e. The Hall–Kier alpha value is -5.29. The Bertz CT molecular complexity index is 1560. The van der Waals surface area contributed by atoms with Gasteiger partial charge in [0, 0.05) is 5.70 Å². The molecule has 4 rings (SSSR count). The maximum atomic E-state index is 12.5. The van der Waals surface area contributed by atoms with Crippen LogP contribution in [-0.2, 0) is 22.6 Å². The molecule has 0 aromatic heterocycles. The summed E-state index contributed by atoms with van der Waals surface area (Å²) >= 11 is 0. The summed E-state index contributed by atoms with van der Waals surface area (Å²) in [7, 11) is 1.28. The van der Waals surface area contributed by atoms with Crippen LogP contribution in [0.1, 0.15) is 42.1 Å². The van der Waals surface area contributed by atoms with Gasteiger partial charge < -0.3 is 34.7 Å². The number of aliphatic hydroxyl groups excluding tert-OH is 1. The van der Waals surface area contributed by atoms with Gasteiger partial charge in [0.05, 0.1) is 31.5 Å². The zero-order valence-corrected chi connectivity index (χ0v) is 25.5. The largest absolute Gasteiger partial charge is 0.490 e. The number of carbonyl (C=O) groups excluding carboxylic acids is 2. The van der Waals surface area contributed by atoms with Crippen LogP contribution in [0, 0.1) is 0 Å². The van der Waals surface area contributed by atoms with Crippen molar-refractivity contribution in [1.82, 2.24) is 16.1 Å². The van der Waals surface area contributed by atoms with Gasteiger partial charge in [-0.15, -0.1) is 6.58 Å². The molecule has 2 amide bonds. The number of hydrazone groups is 1. The first-order valence-electron chi connectivity index (χ1n) is 14.5. The second-order valence-electron chi connectivity index (χ2n) is 10.0. The molecule has 0 unspecified atom stereocenters. The number of aliphatic hydroxyl groups is 1. The summed E-state index contributed by atoms with van der Waals surface area (Å²) in [5, 5.41) is 20.0. The quantitative estimate of drug-likeness (QED) is 0.0645. The van der Waals surface area contributed by atoms with Crippen LogP contribution in [0.4, 0.5) is 4.79 Å². The number of hydrogen-bond acceptors (Lipinski definition) is 9. The predicted octanol–water partition coefficient (Wildman–Crippen LogP) is 4.51. The first-order valence-corrected chi connectivity index (χ1v) is 14.5. The Kier molecular flexibility index (Phi) is 11.6. The minimum absolute atomic E-state index is 0.138. The van der Waals surface area contributed by atoms with Crippen LogP contribution in [0.15, 0.2) is 95.8 Å². The molecule has 11 nitrogen and oxygen atoms in total. The van der Waals surface area contributed by atoms with Crippen LogP contribution < -0.4 is 30.3 Å². The van der Waals surface area contributed by atoms with Gasteiger partial charge in [-0.2, -0.15) is 5.10 Å². The average Bonchev–Trinajstić information content (AvgIpc) is 3.04. The van der Waals surface area contributed by atoms with E-state index in [9.17, 15) is 14.7 Å². The molecule has 1 aliphatic rings. The van der Waals surface area contributed by atoms with Crippen LogP contribution in [0.2, 0.25) is 0 Å². The highest BCUT2D eigenvalue weighted by Gasteiger charge is 2.32. The van der Waals surface area contributed by atoms with Crippen LogP contribution in [0.3, 0.4) is 0 Å². The standard InChI is InChI=1S/C34H38N4O7/c1-5-10-25-17-24(13-15-27(25)44-20-23-11-8-7-9-12-23)19-35-38-30(39)21-45-28-16-14-26(18-29(28)43-6-2)32-31(33(40)42-4)22(3)36-34(41)37-32/h5,7-9,11-19,30,32,38-39H,1,6,10,20-21H2,2-4H3,(H2,36,37,41)/b35-19-/t30-,32-/m1/s1. The van der Waals surface area contributed by atoms with Crippen molar-refractivity contribution < 1.29 is 33.6 Å². The molecule has 1 aliphatic heterocycles. The monoisotopic (exact) mass is 614 g/mol. The zero-order valence-electron chi connectivity index (χ0n) is 25.5. The number of rotatable bonds is 15. The van der Waals surface area contributed by atoms with Crippen LogP contribution >= 0.6 is 0 Å². The molecule has 0 aliphatic carbocycles. The lowest BCUT2D eigenvalue weighted by molar-refractivity contribution is -0.136. The van der Waals surface area contributed by atoms with Gasteiger partial charge in [-0.3, -0.25) is 5.43 Å². The lowest BCUT2D eigenvalue weighted by Crippen LogP contribution is -2.45. The van der Waals surface area contributed by atoms with E-state index < -0.39 is 24.3 Å². The minimum atomic E-state index is -1.13. The summed E-state index contributed by atoms with van der Waals surface area (Å²) in [5.74, 6) is 0.946. The van der Waals surface area contributed by atoms with Crippen molar-refractivity contribution in [3.63, 3.8) is 0 Å². The first kappa shape index (κ1) is 32.6. The summed E-state index contributed by atoms with van der Waals surface area (Å²) in [4.78, 5) is 24.6. The Morgan fingerprint density at radius 2 is 1.84 bits per heavy atom. The first-order chi connectivity index (χ1) is 21.8. The second-order valence-corrected chi connectivity index (χ2v) is 10.0. The Labute approximate surface area is 262 Å². The van der Waals surface area contributed by atoms with Gasteiger partial charge in [-0.25, -0.2) is 9.59 Å². The fourth-order valence-corrected chi connectivity index (χ4v) is 4.69. The van der Waals surface area contributed by atoms with Gasteiger partial charge in [0.1, 0.15) is 19.0 Å². The molecule has 3 aromatic rings. The Morgan fingerprint density at radius 3 is 2.58 bits per heavy atom. The number of hydrogen-bond donors (Lipinski definition) is 4. The number of nitrogens with zero attached hydrogens (tertiary/aromatic N) is 1. The molecule has 3 aromatic carbocycles. The van der Waals surface area contributed by atoms with E-state index in [0.717, 1.165) is 22.4 Å². The highest BCUT2D eigenvalue weighted by atomic mass is 16.5. The van der Waals surface area contributed by atoms with E-state index in [4.69, 9.17) is 18.9 Å². The summed E-state index contributed by atoms with van der Waals surface area (Å²) in [5.41, 5.74) is 6.78. The van der Waals surface area contributed by atoms with Crippen molar-refractivity contribution in [3.8, 4) is 17.2 Å². The van der Waals surface area contributed by atoms with E-state index in [-0.39, 0.29) is 12.2 Å². The van der Waals surface area contributed by atoms with Crippen LogP contribution in [0.25, 0.3) is 0 Å². The van der Waals surface area contributed by atoms with Gasteiger partial charge >= 0.3 is 12.0 Å². The number of nitrogens with one attached hydrogen (secondary N) is 3. The summed E-state index contributed by atoms with van der Waals surface area (Å²) in [6.07, 6.45) is 2.91. The van der Waals surface area contributed by atoms with Crippen LogP contribution in [0.5, 0.6) is 17.2 Å². The van der Waals surface area contributed by atoms with E-state index in [1.165, 1.54) is 7.11 Å². The zero-order chi connectivity index (χ0) is 32.2. The SMILES string of the molecule is C=CCc1cc(/C=N\N[C@H](O)COc2ccc([C@H]3NC(=O)NC(C)=C3C(=O)OC)cc2OCC)ccc1OCc1ccccc1. The third kappa shape index (κ3) is 8.87. The smallest absolute Gasteiger partial charge is 0.337 e. The fourth-order valence-electron chi connectivity index (χ4n) is 4.69. The minimum Gasteiger partial charge on any atom is -0.490 e. The van der Waals surface area contributed by atoms with Crippen molar-refractivity contribution in [1.29, 1.82) is 0 Å². The van der Waals surface area contributed by atoms with Gasteiger partial charge in [0.2, 0.25) is 0 Å². The van der Waals surface area contributed by atoms with Crippen molar-refractivity contribution in [2.45, 2.75) is 39.1 Å². The van der Waals surface area contributed by atoms with Crippen LogP contribution in [-0.4, -0.2) is 49.9 Å². The lowest BCUT2D eigenvalue weighted by Gasteiger charge is -2.28. The Morgan fingerprint density at radius 1 is 1.07 bits per heavy atom. The number of esters is 1. The number of benzene rings is 3. The number of amides is 2.